The zero-order chi connectivity index (χ0) is 21.2. The van der Waals surface area contributed by atoms with Gasteiger partial charge in [0.2, 0.25) is 0 Å². The van der Waals surface area contributed by atoms with Crippen molar-refractivity contribution >= 4 is 16.3 Å². The highest BCUT2D eigenvalue weighted by Crippen LogP contribution is 2.35. The fourth-order valence-corrected chi connectivity index (χ4v) is 5.45. The van der Waals surface area contributed by atoms with Gasteiger partial charge in [0.05, 0.1) is 19.9 Å². The summed E-state index contributed by atoms with van der Waals surface area (Å²) in [4.78, 5) is 19.1. The molecule has 3 heterocycles. The van der Waals surface area contributed by atoms with Gasteiger partial charge in [-0.3, -0.25) is 9.78 Å². The number of piperidine rings is 1. The molecule has 8 nitrogen and oxygen atoms in total. The number of pyridine rings is 1. The van der Waals surface area contributed by atoms with Gasteiger partial charge in [-0.1, -0.05) is 16.3 Å². The van der Waals surface area contributed by atoms with E-state index in [-0.39, 0.29) is 23.9 Å². The number of hydrogen-bond acceptors (Lipinski definition) is 6. The van der Waals surface area contributed by atoms with E-state index in [1.165, 1.54) is 22.8 Å². The van der Waals surface area contributed by atoms with Crippen molar-refractivity contribution < 1.29 is 23.0 Å². The second kappa shape index (κ2) is 8.43. The second-order valence-electron chi connectivity index (χ2n) is 7.51. The smallest absolute Gasteiger partial charge is 0.255 e. The number of morpholine rings is 1. The molecule has 1 aromatic heterocycles. The average molecular weight is 432 g/mol. The van der Waals surface area contributed by atoms with E-state index in [0.717, 1.165) is 11.3 Å². The topological polar surface area (TPSA) is 95.0 Å². The molecule has 0 radical (unpaired) electrons. The normalized spacial score (nSPS) is 21.4. The molecule has 2 aromatic rings. The van der Waals surface area contributed by atoms with Crippen molar-refractivity contribution in [3.05, 3.63) is 54.4 Å². The van der Waals surface area contributed by atoms with Crippen LogP contribution in [-0.4, -0.2) is 63.6 Å². The van der Waals surface area contributed by atoms with Crippen LogP contribution in [0.1, 0.15) is 18.4 Å². The number of benzene rings is 1. The number of methoxy groups -OCH3 is 1. The van der Waals surface area contributed by atoms with E-state index in [0.29, 0.717) is 32.5 Å². The number of ether oxygens (including phenoxy) is 2. The fraction of sp³-hybridized carbons (Fsp3) is 0.429. The van der Waals surface area contributed by atoms with Gasteiger partial charge >= 0.3 is 0 Å². The molecule has 1 amide bonds. The van der Waals surface area contributed by atoms with Gasteiger partial charge in [-0.25, -0.2) is 0 Å². The third-order valence-electron chi connectivity index (χ3n) is 5.73. The van der Waals surface area contributed by atoms with Crippen LogP contribution in [0.15, 0.2) is 53.7 Å². The maximum Gasteiger partial charge on any atom is 0.255 e. The van der Waals surface area contributed by atoms with Gasteiger partial charge in [-0.2, -0.15) is 0 Å². The number of carbonyl (C=O) groups excluding carboxylic acids is 1. The maximum absolute atomic E-state index is 13.3. The lowest BCUT2D eigenvalue weighted by molar-refractivity contribution is -0.179. The SMILES string of the molecule is COc1cccc(CN2CCOC3(CCN([S+](=O)([O-])c4cccnc4)CC3)C2=O)c1. The van der Waals surface area contributed by atoms with E-state index in [2.05, 4.69) is 4.98 Å². The molecular weight excluding hydrogens is 406 g/mol. The quantitative estimate of drug-likeness (QED) is 0.671. The third kappa shape index (κ3) is 3.98. The Morgan fingerprint density at radius 3 is 2.73 bits per heavy atom. The minimum atomic E-state index is -3.63. The summed E-state index contributed by atoms with van der Waals surface area (Å²) in [5, 5.41) is 0. The van der Waals surface area contributed by atoms with E-state index < -0.39 is 16.0 Å². The summed E-state index contributed by atoms with van der Waals surface area (Å²) in [6.45, 7) is 1.88. The summed E-state index contributed by atoms with van der Waals surface area (Å²) in [7, 11) is -2.02. The average Bonchev–Trinajstić information content (AvgIpc) is 2.78. The number of rotatable bonds is 5. The lowest BCUT2D eigenvalue weighted by Crippen LogP contribution is -2.61. The Morgan fingerprint density at radius 2 is 2.03 bits per heavy atom. The number of hydrogen-bond donors (Lipinski definition) is 0. The molecule has 0 aliphatic carbocycles. The van der Waals surface area contributed by atoms with Gasteiger partial charge in [-0.15, -0.1) is 4.31 Å². The third-order valence-corrected chi connectivity index (χ3v) is 7.61. The van der Waals surface area contributed by atoms with E-state index in [1.807, 2.05) is 24.3 Å². The summed E-state index contributed by atoms with van der Waals surface area (Å²) in [6, 6.07) is 10.8. The van der Waals surface area contributed by atoms with Crippen molar-refractivity contribution in [2.75, 3.05) is 33.4 Å². The highest BCUT2D eigenvalue weighted by Gasteiger charge is 2.50. The predicted molar refractivity (Wildman–Crippen MR) is 109 cm³/mol. The first kappa shape index (κ1) is 20.9. The summed E-state index contributed by atoms with van der Waals surface area (Å²) in [5.41, 5.74) is 0.0225. The van der Waals surface area contributed by atoms with Gasteiger partial charge in [0.15, 0.2) is 15.3 Å². The molecule has 0 saturated carbocycles. The van der Waals surface area contributed by atoms with Crippen LogP contribution in [0.25, 0.3) is 0 Å². The zero-order valence-corrected chi connectivity index (χ0v) is 17.7. The van der Waals surface area contributed by atoms with E-state index in [9.17, 15) is 13.6 Å². The summed E-state index contributed by atoms with van der Waals surface area (Å²) in [6.07, 6.45) is 3.55. The van der Waals surface area contributed by atoms with Gasteiger partial charge in [-0.05, 0) is 29.8 Å². The van der Waals surface area contributed by atoms with Crippen molar-refractivity contribution in [2.24, 2.45) is 0 Å². The van der Waals surface area contributed by atoms with Gasteiger partial charge in [0.1, 0.15) is 11.4 Å². The summed E-state index contributed by atoms with van der Waals surface area (Å²) in [5.74, 6) is 0.673. The van der Waals surface area contributed by atoms with Crippen LogP contribution < -0.4 is 4.74 Å². The maximum atomic E-state index is 13.3. The molecule has 1 atom stereocenters. The molecule has 2 fully saturated rings. The van der Waals surface area contributed by atoms with Crippen molar-refractivity contribution in [1.82, 2.24) is 14.2 Å². The van der Waals surface area contributed by atoms with E-state index in [1.54, 1.807) is 18.1 Å². The molecule has 1 spiro atoms. The standard InChI is InChI=1S/C21H25N3O5S/c1-28-18-5-2-4-17(14-18)16-23-12-13-29-21(20(23)25)7-10-24(11-8-21)30(26,27)19-6-3-9-22-15-19/h2-6,9,14-15H,7-8,10-13,16H2,1H3. The molecule has 1 aromatic carbocycles. The van der Waals surface area contributed by atoms with E-state index in [4.69, 9.17) is 9.47 Å². The Labute approximate surface area is 177 Å². The van der Waals surface area contributed by atoms with E-state index >= 15 is 0 Å². The largest absolute Gasteiger partial charge is 0.593 e. The molecular formula is C21H25N3O5S. The Balaban J connectivity index is 1.45. The highest BCUT2D eigenvalue weighted by molar-refractivity contribution is 7.95. The first-order valence-corrected chi connectivity index (χ1v) is 11.4. The Hall–Kier alpha value is -2.33. The minimum absolute atomic E-state index is 0.0741. The van der Waals surface area contributed by atoms with Gasteiger partial charge in [0, 0.05) is 45.2 Å². The van der Waals surface area contributed by atoms with Crippen LogP contribution >= 0.6 is 0 Å². The van der Waals surface area contributed by atoms with Crippen molar-refractivity contribution in [2.45, 2.75) is 29.9 Å². The molecule has 2 aliphatic heterocycles. The van der Waals surface area contributed by atoms with Crippen LogP contribution in [-0.2, 0) is 30.7 Å². The number of aromatic nitrogens is 1. The number of carbonyl (C=O) groups is 1. The second-order valence-corrected chi connectivity index (χ2v) is 9.45. The number of sulfonamides is 1. The summed E-state index contributed by atoms with van der Waals surface area (Å²) < 4.78 is 38.3. The monoisotopic (exact) mass is 431 g/mol. The van der Waals surface area contributed by atoms with Crippen LogP contribution in [0.3, 0.4) is 0 Å². The molecule has 0 bridgehead atoms. The Kier molecular flexibility index (Phi) is 5.88. The number of amides is 1. The molecule has 2 aliphatic rings. The molecule has 0 N–H and O–H groups in total. The van der Waals surface area contributed by atoms with Gasteiger partial charge in [0.25, 0.3) is 5.91 Å². The molecule has 2 saturated heterocycles. The van der Waals surface area contributed by atoms with Gasteiger partial charge < -0.3 is 18.9 Å². The minimum Gasteiger partial charge on any atom is -0.593 e. The fourth-order valence-electron chi connectivity index (χ4n) is 4.04. The first-order valence-electron chi connectivity index (χ1n) is 9.91. The van der Waals surface area contributed by atoms with Crippen LogP contribution in [0.4, 0.5) is 0 Å². The van der Waals surface area contributed by atoms with Crippen LogP contribution in [0.2, 0.25) is 0 Å². The number of nitrogens with zero attached hydrogens (tertiary/aromatic N) is 3. The van der Waals surface area contributed by atoms with Crippen molar-refractivity contribution in [1.29, 1.82) is 0 Å². The lowest BCUT2D eigenvalue weighted by atomic mass is 9.89. The highest BCUT2D eigenvalue weighted by atomic mass is 32.3. The lowest BCUT2D eigenvalue weighted by Gasteiger charge is -2.45. The Morgan fingerprint density at radius 1 is 1.23 bits per heavy atom. The van der Waals surface area contributed by atoms with Crippen LogP contribution in [0, 0.1) is 0 Å². The molecule has 9 heteroatoms. The molecule has 4 rings (SSSR count). The van der Waals surface area contributed by atoms with Crippen molar-refractivity contribution in [3.8, 4) is 5.75 Å². The van der Waals surface area contributed by atoms with Crippen molar-refractivity contribution in [3.63, 3.8) is 0 Å². The first-order chi connectivity index (χ1) is 14.4. The molecule has 160 valence electrons. The Bertz CT molecular complexity index is 947. The molecule has 30 heavy (non-hydrogen) atoms. The predicted octanol–water partition coefficient (Wildman–Crippen LogP) is 1.89. The zero-order valence-electron chi connectivity index (χ0n) is 16.9. The van der Waals surface area contributed by atoms with Crippen LogP contribution in [0.5, 0.6) is 5.75 Å². The summed E-state index contributed by atoms with van der Waals surface area (Å²) >= 11 is 0. The molecule has 1 unspecified atom stereocenters.